The van der Waals surface area contributed by atoms with Gasteiger partial charge in [0.05, 0.1) is 16.6 Å². The summed E-state index contributed by atoms with van der Waals surface area (Å²) in [6, 6.07) is 77.7. The Morgan fingerprint density at radius 1 is 0.310 bits per heavy atom. The standard InChI is InChI=1S/C56H36N2/c1-3-15-36(16-4-1)37-31-33-38(34-32-37)54-44-23-11-21-40(46-25-13-26-47-42-19-7-9-29-52(42)57-55(46)47)50(44)35-51-41(22-12-24-45(51)54)48-27-14-28-49-43-20-8-10-30-53(43)58(56(48)49)39-17-5-2-6-18-39/h1-35,57H. The van der Waals surface area contributed by atoms with E-state index in [2.05, 4.69) is 222 Å². The van der Waals surface area contributed by atoms with E-state index in [1.54, 1.807) is 0 Å². The SMILES string of the molecule is c1ccc(-c2ccc(-c3c4cccc(-c5cccc6c5[nH]c5ccccc56)c4cc4c(-c5cccc6c7ccccc7n(-c7ccccc7)c56)cccc34)cc2)cc1. The molecule has 0 unspecified atom stereocenters. The van der Waals surface area contributed by atoms with Crippen LogP contribution in [-0.2, 0) is 0 Å². The first-order chi connectivity index (χ1) is 28.8. The van der Waals surface area contributed by atoms with Crippen molar-refractivity contribution in [2.45, 2.75) is 0 Å². The summed E-state index contributed by atoms with van der Waals surface area (Å²) in [5, 5.41) is 9.91. The van der Waals surface area contributed by atoms with Gasteiger partial charge in [-0.15, -0.1) is 0 Å². The molecule has 0 aliphatic heterocycles. The highest BCUT2D eigenvalue weighted by atomic mass is 15.0. The molecule has 0 saturated heterocycles. The predicted molar refractivity (Wildman–Crippen MR) is 247 cm³/mol. The van der Waals surface area contributed by atoms with Crippen LogP contribution in [-0.4, -0.2) is 9.55 Å². The number of rotatable bonds is 5. The van der Waals surface area contributed by atoms with E-state index >= 15 is 0 Å². The van der Waals surface area contributed by atoms with E-state index in [-0.39, 0.29) is 0 Å². The van der Waals surface area contributed by atoms with Gasteiger partial charge in [0, 0.05) is 43.9 Å². The molecule has 2 aromatic heterocycles. The summed E-state index contributed by atoms with van der Waals surface area (Å²) in [7, 11) is 0. The van der Waals surface area contributed by atoms with Gasteiger partial charge in [-0.25, -0.2) is 0 Å². The smallest absolute Gasteiger partial charge is 0.0619 e. The third-order valence-corrected chi connectivity index (χ3v) is 12.2. The molecule has 2 heterocycles. The molecule has 0 radical (unpaired) electrons. The van der Waals surface area contributed by atoms with E-state index in [1.165, 1.54) is 98.6 Å². The van der Waals surface area contributed by atoms with Gasteiger partial charge in [0.1, 0.15) is 0 Å². The van der Waals surface area contributed by atoms with Gasteiger partial charge in [0.25, 0.3) is 0 Å². The van der Waals surface area contributed by atoms with Crippen molar-refractivity contribution in [1.82, 2.24) is 9.55 Å². The molecule has 12 rings (SSSR count). The minimum Gasteiger partial charge on any atom is -0.354 e. The van der Waals surface area contributed by atoms with Gasteiger partial charge in [0.15, 0.2) is 0 Å². The van der Waals surface area contributed by atoms with Crippen molar-refractivity contribution < 1.29 is 0 Å². The summed E-state index contributed by atoms with van der Waals surface area (Å²) in [6.45, 7) is 0. The molecule has 0 fully saturated rings. The molecule has 0 atom stereocenters. The molecule has 0 bridgehead atoms. The third kappa shape index (κ3) is 4.92. The molecule has 58 heavy (non-hydrogen) atoms. The Morgan fingerprint density at radius 3 is 1.57 bits per heavy atom. The van der Waals surface area contributed by atoms with Gasteiger partial charge in [-0.3, -0.25) is 0 Å². The summed E-state index contributed by atoms with van der Waals surface area (Å²) in [5.74, 6) is 0. The van der Waals surface area contributed by atoms with E-state index < -0.39 is 0 Å². The maximum atomic E-state index is 3.80. The van der Waals surface area contributed by atoms with Crippen molar-refractivity contribution in [1.29, 1.82) is 0 Å². The van der Waals surface area contributed by atoms with Crippen LogP contribution in [0.5, 0.6) is 0 Å². The largest absolute Gasteiger partial charge is 0.354 e. The number of hydrogen-bond acceptors (Lipinski definition) is 0. The van der Waals surface area contributed by atoms with Crippen LogP contribution in [0.4, 0.5) is 0 Å². The highest BCUT2D eigenvalue weighted by Crippen LogP contribution is 2.46. The van der Waals surface area contributed by atoms with Gasteiger partial charge in [-0.1, -0.05) is 182 Å². The summed E-state index contributed by atoms with van der Waals surface area (Å²) in [4.78, 5) is 3.80. The lowest BCUT2D eigenvalue weighted by Crippen LogP contribution is -1.96. The summed E-state index contributed by atoms with van der Waals surface area (Å²) < 4.78 is 2.45. The number of H-pyrrole nitrogens is 1. The van der Waals surface area contributed by atoms with E-state index in [0.717, 1.165) is 16.7 Å². The predicted octanol–water partition coefficient (Wildman–Crippen LogP) is 15.4. The van der Waals surface area contributed by atoms with Crippen LogP contribution in [0.2, 0.25) is 0 Å². The van der Waals surface area contributed by atoms with Gasteiger partial charge >= 0.3 is 0 Å². The molecule has 0 aliphatic carbocycles. The maximum Gasteiger partial charge on any atom is 0.0619 e. The molecule has 12 aromatic rings. The van der Waals surface area contributed by atoms with Crippen LogP contribution >= 0.6 is 0 Å². The van der Waals surface area contributed by atoms with E-state index in [0.29, 0.717) is 0 Å². The zero-order valence-corrected chi connectivity index (χ0v) is 31.7. The number of benzene rings is 10. The lowest BCUT2D eigenvalue weighted by molar-refractivity contribution is 1.18. The highest BCUT2D eigenvalue weighted by molar-refractivity contribution is 6.23. The number of hydrogen-bond donors (Lipinski definition) is 1. The quantitative estimate of drug-likeness (QED) is 0.170. The van der Waals surface area contributed by atoms with Crippen LogP contribution in [0, 0.1) is 0 Å². The average molecular weight is 737 g/mol. The average Bonchev–Trinajstić information content (AvgIpc) is 3.85. The van der Waals surface area contributed by atoms with Crippen LogP contribution in [0.15, 0.2) is 212 Å². The normalized spacial score (nSPS) is 11.8. The molecule has 0 amide bonds. The van der Waals surface area contributed by atoms with Crippen LogP contribution in [0.1, 0.15) is 0 Å². The van der Waals surface area contributed by atoms with Gasteiger partial charge in [-0.2, -0.15) is 0 Å². The number of aromatic amines is 1. The Bertz CT molecular complexity index is 3530. The maximum absolute atomic E-state index is 3.80. The Hall–Kier alpha value is -7.68. The summed E-state index contributed by atoms with van der Waals surface area (Å²) in [6.07, 6.45) is 0. The molecule has 270 valence electrons. The minimum absolute atomic E-state index is 1.15. The van der Waals surface area contributed by atoms with Gasteiger partial charge < -0.3 is 9.55 Å². The Labute approximate surface area is 335 Å². The fourth-order valence-electron chi connectivity index (χ4n) is 9.59. The summed E-state index contributed by atoms with van der Waals surface area (Å²) in [5.41, 5.74) is 15.6. The van der Waals surface area contributed by atoms with Gasteiger partial charge in [0.2, 0.25) is 0 Å². The second kappa shape index (κ2) is 12.9. The fraction of sp³-hybridized carbons (Fsp3) is 0. The minimum atomic E-state index is 1.15. The van der Waals surface area contributed by atoms with Crippen molar-refractivity contribution in [3.8, 4) is 50.2 Å². The number of para-hydroxylation sites is 5. The van der Waals surface area contributed by atoms with Crippen LogP contribution < -0.4 is 0 Å². The number of aromatic nitrogens is 2. The van der Waals surface area contributed by atoms with Crippen molar-refractivity contribution in [3.05, 3.63) is 212 Å². The highest BCUT2D eigenvalue weighted by Gasteiger charge is 2.21. The molecule has 0 spiro atoms. The monoisotopic (exact) mass is 736 g/mol. The van der Waals surface area contributed by atoms with Crippen molar-refractivity contribution in [2.24, 2.45) is 0 Å². The van der Waals surface area contributed by atoms with Crippen molar-refractivity contribution in [2.75, 3.05) is 0 Å². The first-order valence-electron chi connectivity index (χ1n) is 20.0. The molecule has 10 aromatic carbocycles. The second-order valence-electron chi connectivity index (χ2n) is 15.3. The molecule has 2 nitrogen and oxygen atoms in total. The Balaban J connectivity index is 1.19. The number of nitrogens with zero attached hydrogens (tertiary/aromatic N) is 1. The third-order valence-electron chi connectivity index (χ3n) is 12.2. The van der Waals surface area contributed by atoms with Gasteiger partial charge in [-0.05, 0) is 85.3 Å². The van der Waals surface area contributed by atoms with E-state index in [9.17, 15) is 0 Å². The lowest BCUT2D eigenvalue weighted by Gasteiger charge is -2.19. The lowest BCUT2D eigenvalue weighted by atomic mass is 9.85. The Kier molecular flexibility index (Phi) is 7.26. The summed E-state index contributed by atoms with van der Waals surface area (Å²) >= 11 is 0. The molecular formula is C56H36N2. The van der Waals surface area contributed by atoms with Crippen molar-refractivity contribution >= 4 is 65.2 Å². The topological polar surface area (TPSA) is 20.7 Å². The molecule has 0 saturated carbocycles. The van der Waals surface area contributed by atoms with E-state index in [4.69, 9.17) is 0 Å². The second-order valence-corrected chi connectivity index (χ2v) is 15.3. The Morgan fingerprint density at radius 2 is 0.828 bits per heavy atom. The number of fused-ring (bicyclic) bond motifs is 8. The van der Waals surface area contributed by atoms with Crippen LogP contribution in [0.25, 0.3) is 115 Å². The molecular weight excluding hydrogens is 701 g/mol. The molecule has 1 N–H and O–H groups in total. The van der Waals surface area contributed by atoms with E-state index in [1.807, 2.05) is 0 Å². The van der Waals surface area contributed by atoms with Crippen molar-refractivity contribution in [3.63, 3.8) is 0 Å². The first kappa shape index (κ1) is 32.6. The molecule has 2 heteroatoms. The fourth-order valence-corrected chi connectivity index (χ4v) is 9.59. The first-order valence-corrected chi connectivity index (χ1v) is 20.0. The molecule has 0 aliphatic rings. The van der Waals surface area contributed by atoms with Crippen LogP contribution in [0.3, 0.4) is 0 Å². The zero-order valence-electron chi connectivity index (χ0n) is 31.7. The number of nitrogens with one attached hydrogen (secondary N) is 1. The zero-order chi connectivity index (χ0) is 38.2.